The first kappa shape index (κ1) is 24.0. The minimum absolute atomic E-state index is 0. The molecule has 0 aliphatic carbocycles. The number of nitrogens with zero attached hydrogens (tertiary/aromatic N) is 3. The second-order valence-electron chi connectivity index (χ2n) is 7.06. The van der Waals surface area contributed by atoms with E-state index in [0.29, 0.717) is 0 Å². The van der Waals surface area contributed by atoms with Gasteiger partial charge in [-0.2, -0.15) is 0 Å². The molecule has 0 atom stereocenters. The molecule has 1 heterocycles. The summed E-state index contributed by atoms with van der Waals surface area (Å²) < 4.78 is 0. The van der Waals surface area contributed by atoms with Crippen LogP contribution in [-0.4, -0.2) is 63.2 Å². The fourth-order valence-electron chi connectivity index (χ4n) is 3.29. The van der Waals surface area contributed by atoms with Gasteiger partial charge in [0.25, 0.3) is 0 Å². The highest BCUT2D eigenvalue weighted by atomic mass is 127. The van der Waals surface area contributed by atoms with Crippen LogP contribution in [0.4, 0.5) is 5.69 Å². The molecule has 0 bridgehead atoms. The third-order valence-corrected chi connectivity index (χ3v) is 4.77. The molecule has 1 saturated heterocycles. The van der Waals surface area contributed by atoms with E-state index >= 15 is 0 Å². The Morgan fingerprint density at radius 2 is 1.85 bits per heavy atom. The van der Waals surface area contributed by atoms with Crippen LogP contribution >= 0.6 is 24.0 Å². The van der Waals surface area contributed by atoms with Crippen molar-refractivity contribution in [1.29, 1.82) is 0 Å². The Bertz CT molecular complexity index is 541. The molecule has 2 rings (SSSR count). The van der Waals surface area contributed by atoms with Crippen molar-refractivity contribution < 1.29 is 0 Å². The Hall–Kier alpha value is -1.02. The molecule has 0 saturated carbocycles. The number of benzene rings is 1. The van der Waals surface area contributed by atoms with E-state index in [0.717, 1.165) is 45.1 Å². The summed E-state index contributed by atoms with van der Waals surface area (Å²) in [4.78, 5) is 9.65. The van der Waals surface area contributed by atoms with E-state index in [1.54, 1.807) is 0 Å². The standard InChI is InChI=1S/C21H37N5.HI/c1-4-11-23-21(22-5-2)24-12-6-7-13-25-14-16-26(17-15-25)20-10-8-9-19(3)18-20;/h8-10,18H,4-7,11-17H2,1-3H3,(H2,22,23,24);1H. The molecular formula is C21H38IN5. The summed E-state index contributed by atoms with van der Waals surface area (Å²) in [6.45, 7) is 15.1. The van der Waals surface area contributed by atoms with Crippen molar-refractivity contribution in [3.8, 4) is 0 Å². The lowest BCUT2D eigenvalue weighted by Gasteiger charge is -2.36. The average molecular weight is 487 g/mol. The van der Waals surface area contributed by atoms with Crippen LogP contribution in [0.5, 0.6) is 0 Å². The maximum Gasteiger partial charge on any atom is 0.191 e. The number of unbranched alkanes of at least 4 members (excludes halogenated alkanes) is 1. The fraction of sp³-hybridized carbons (Fsp3) is 0.667. The summed E-state index contributed by atoms with van der Waals surface area (Å²) >= 11 is 0. The second kappa shape index (κ2) is 14.0. The second-order valence-corrected chi connectivity index (χ2v) is 7.06. The lowest BCUT2D eigenvalue weighted by Crippen LogP contribution is -2.46. The summed E-state index contributed by atoms with van der Waals surface area (Å²) in [5.41, 5.74) is 2.72. The van der Waals surface area contributed by atoms with Crippen LogP contribution in [0.2, 0.25) is 0 Å². The Labute approximate surface area is 183 Å². The van der Waals surface area contributed by atoms with E-state index in [4.69, 9.17) is 0 Å². The molecule has 2 N–H and O–H groups in total. The fourth-order valence-corrected chi connectivity index (χ4v) is 3.29. The molecule has 0 unspecified atom stereocenters. The van der Waals surface area contributed by atoms with Gasteiger partial charge in [0.1, 0.15) is 0 Å². The lowest BCUT2D eigenvalue weighted by molar-refractivity contribution is 0.253. The normalized spacial score (nSPS) is 15.4. The van der Waals surface area contributed by atoms with Crippen LogP contribution in [0, 0.1) is 6.92 Å². The number of halogens is 1. The molecule has 6 heteroatoms. The van der Waals surface area contributed by atoms with Gasteiger partial charge in [0.2, 0.25) is 0 Å². The largest absolute Gasteiger partial charge is 0.369 e. The molecule has 1 aromatic rings. The number of hydrogen-bond donors (Lipinski definition) is 2. The number of anilines is 1. The smallest absolute Gasteiger partial charge is 0.191 e. The van der Waals surface area contributed by atoms with Gasteiger partial charge in [0, 0.05) is 51.5 Å². The zero-order valence-electron chi connectivity index (χ0n) is 17.3. The van der Waals surface area contributed by atoms with Gasteiger partial charge in [0.15, 0.2) is 5.96 Å². The summed E-state index contributed by atoms with van der Waals surface area (Å²) in [6.07, 6.45) is 3.52. The molecule has 1 fully saturated rings. The maximum absolute atomic E-state index is 4.54. The lowest BCUT2D eigenvalue weighted by atomic mass is 10.2. The molecule has 0 amide bonds. The Balaban J connectivity index is 0.00000364. The Morgan fingerprint density at radius 3 is 2.52 bits per heavy atom. The van der Waals surface area contributed by atoms with E-state index in [-0.39, 0.29) is 24.0 Å². The van der Waals surface area contributed by atoms with E-state index in [1.807, 2.05) is 0 Å². The molecule has 0 radical (unpaired) electrons. The first-order valence-corrected chi connectivity index (χ1v) is 10.3. The number of piperazine rings is 1. The average Bonchev–Trinajstić information content (AvgIpc) is 2.66. The number of aliphatic imine (C=N–C) groups is 1. The molecule has 0 aromatic heterocycles. The van der Waals surface area contributed by atoms with Crippen molar-refractivity contribution in [3.63, 3.8) is 0 Å². The third kappa shape index (κ3) is 9.14. The predicted octanol–water partition coefficient (Wildman–Crippen LogP) is 3.48. The van der Waals surface area contributed by atoms with Gasteiger partial charge in [-0.1, -0.05) is 19.1 Å². The van der Waals surface area contributed by atoms with E-state index in [2.05, 4.69) is 70.5 Å². The molecule has 1 aliphatic rings. The molecule has 1 aromatic carbocycles. The highest BCUT2D eigenvalue weighted by molar-refractivity contribution is 14.0. The van der Waals surface area contributed by atoms with Crippen molar-refractivity contribution in [2.45, 2.75) is 40.0 Å². The maximum atomic E-state index is 4.54. The zero-order chi connectivity index (χ0) is 18.6. The van der Waals surface area contributed by atoms with Gasteiger partial charge >= 0.3 is 0 Å². The minimum atomic E-state index is 0. The number of guanidine groups is 1. The SMILES string of the molecule is CCCN=C(NCC)NCCCCN1CCN(c2cccc(C)c2)CC1.I. The van der Waals surface area contributed by atoms with Crippen LogP contribution in [0.1, 0.15) is 38.7 Å². The van der Waals surface area contributed by atoms with Gasteiger partial charge in [-0.25, -0.2) is 0 Å². The Kier molecular flexibility index (Phi) is 12.5. The monoisotopic (exact) mass is 487 g/mol. The molecule has 0 spiro atoms. The van der Waals surface area contributed by atoms with Crippen molar-refractivity contribution in [3.05, 3.63) is 29.8 Å². The molecule has 1 aliphatic heterocycles. The van der Waals surface area contributed by atoms with Gasteiger partial charge in [-0.15, -0.1) is 24.0 Å². The highest BCUT2D eigenvalue weighted by Crippen LogP contribution is 2.17. The summed E-state index contributed by atoms with van der Waals surface area (Å²) in [5, 5.41) is 6.74. The van der Waals surface area contributed by atoms with Crippen molar-refractivity contribution >= 4 is 35.6 Å². The van der Waals surface area contributed by atoms with Gasteiger partial charge in [0.05, 0.1) is 0 Å². The van der Waals surface area contributed by atoms with Crippen LogP contribution in [0.25, 0.3) is 0 Å². The Morgan fingerprint density at radius 1 is 1.07 bits per heavy atom. The van der Waals surface area contributed by atoms with E-state index < -0.39 is 0 Å². The van der Waals surface area contributed by atoms with Gasteiger partial charge in [-0.05, 0) is 57.4 Å². The zero-order valence-corrected chi connectivity index (χ0v) is 19.7. The molecule has 27 heavy (non-hydrogen) atoms. The predicted molar refractivity (Wildman–Crippen MR) is 129 cm³/mol. The first-order chi connectivity index (χ1) is 12.7. The summed E-state index contributed by atoms with van der Waals surface area (Å²) in [5.74, 6) is 0.959. The quantitative estimate of drug-likeness (QED) is 0.242. The topological polar surface area (TPSA) is 42.9 Å². The van der Waals surface area contributed by atoms with Gasteiger partial charge in [-0.3, -0.25) is 9.89 Å². The molecule has 154 valence electrons. The number of rotatable bonds is 9. The number of hydrogen-bond acceptors (Lipinski definition) is 3. The van der Waals surface area contributed by atoms with Crippen LogP contribution in [0.3, 0.4) is 0 Å². The van der Waals surface area contributed by atoms with Crippen LogP contribution in [0.15, 0.2) is 29.3 Å². The summed E-state index contributed by atoms with van der Waals surface area (Å²) in [7, 11) is 0. The van der Waals surface area contributed by atoms with Gasteiger partial charge < -0.3 is 15.5 Å². The highest BCUT2D eigenvalue weighted by Gasteiger charge is 2.16. The minimum Gasteiger partial charge on any atom is -0.369 e. The van der Waals surface area contributed by atoms with Crippen LogP contribution < -0.4 is 15.5 Å². The van der Waals surface area contributed by atoms with Crippen molar-refractivity contribution in [1.82, 2.24) is 15.5 Å². The van der Waals surface area contributed by atoms with Crippen molar-refractivity contribution in [2.75, 3.05) is 57.3 Å². The van der Waals surface area contributed by atoms with E-state index in [9.17, 15) is 0 Å². The molecule has 5 nitrogen and oxygen atoms in total. The molecular weight excluding hydrogens is 449 g/mol. The number of aryl methyl sites for hydroxylation is 1. The van der Waals surface area contributed by atoms with E-state index in [1.165, 1.54) is 43.7 Å². The van der Waals surface area contributed by atoms with Crippen LogP contribution in [-0.2, 0) is 0 Å². The third-order valence-electron chi connectivity index (χ3n) is 4.77. The summed E-state index contributed by atoms with van der Waals surface area (Å²) in [6, 6.07) is 8.86. The number of nitrogens with one attached hydrogen (secondary N) is 2. The first-order valence-electron chi connectivity index (χ1n) is 10.3. The van der Waals surface area contributed by atoms with Crippen molar-refractivity contribution in [2.24, 2.45) is 4.99 Å².